The Morgan fingerprint density at radius 3 is 2.58 bits per heavy atom. The monoisotopic (exact) mass is 452 g/mol. The van der Waals surface area contributed by atoms with Gasteiger partial charge < -0.3 is 5.32 Å². The smallest absolute Gasteiger partial charge is 0.237 e. The molecule has 1 N–H and O–H groups in total. The lowest BCUT2D eigenvalue weighted by Crippen LogP contribution is -2.25. The van der Waals surface area contributed by atoms with Crippen LogP contribution in [0.3, 0.4) is 0 Å². The van der Waals surface area contributed by atoms with E-state index in [0.29, 0.717) is 11.4 Å². The van der Waals surface area contributed by atoms with Crippen molar-refractivity contribution in [3.8, 4) is 0 Å². The van der Waals surface area contributed by atoms with Crippen LogP contribution in [0, 0.1) is 27.7 Å². The maximum Gasteiger partial charge on any atom is 0.237 e. The van der Waals surface area contributed by atoms with Crippen molar-refractivity contribution < 1.29 is 4.79 Å². The first kappa shape index (κ1) is 21.7. The molecule has 0 aliphatic heterocycles. The van der Waals surface area contributed by atoms with Gasteiger partial charge in [-0.2, -0.15) is 0 Å². The van der Waals surface area contributed by atoms with Gasteiger partial charge in [0.1, 0.15) is 0 Å². The molecule has 0 aliphatic carbocycles. The number of nitrogens with zero attached hydrogens (tertiary/aromatic N) is 3. The summed E-state index contributed by atoms with van der Waals surface area (Å²) in [6, 6.07) is 11.9. The maximum atomic E-state index is 13.1. The molecule has 2 aromatic heterocycles. The van der Waals surface area contributed by atoms with Crippen molar-refractivity contribution in [1.82, 2.24) is 14.6 Å². The van der Waals surface area contributed by atoms with Crippen LogP contribution in [0.25, 0.3) is 16.6 Å². The Morgan fingerprint density at radius 1 is 1.06 bits per heavy atom. The average molecular weight is 453 g/mol. The summed E-state index contributed by atoms with van der Waals surface area (Å²) in [7, 11) is 0. The van der Waals surface area contributed by atoms with Crippen LogP contribution < -0.4 is 5.32 Å². The molecule has 2 aromatic carbocycles. The first-order valence-electron chi connectivity index (χ1n) is 10.3. The number of nitrogens with one attached hydrogen (secondary N) is 1. The predicted molar refractivity (Wildman–Crippen MR) is 129 cm³/mol. The van der Waals surface area contributed by atoms with Gasteiger partial charge in [-0.05, 0) is 75.1 Å². The summed E-state index contributed by atoms with van der Waals surface area (Å²) in [5, 5.41) is 14.0. The van der Waals surface area contributed by atoms with Gasteiger partial charge in [-0.3, -0.25) is 9.20 Å². The van der Waals surface area contributed by atoms with Gasteiger partial charge in [0.15, 0.2) is 10.8 Å². The first-order chi connectivity index (χ1) is 14.8. The van der Waals surface area contributed by atoms with Crippen molar-refractivity contribution in [3.63, 3.8) is 0 Å². The van der Waals surface area contributed by atoms with E-state index in [-0.39, 0.29) is 11.2 Å². The lowest BCUT2D eigenvalue weighted by atomic mass is 10.0. The second kappa shape index (κ2) is 8.52. The number of hydrogen-bond acceptors (Lipinski definition) is 4. The number of aryl methyl sites for hydroxylation is 4. The highest BCUT2D eigenvalue weighted by Gasteiger charge is 2.23. The summed E-state index contributed by atoms with van der Waals surface area (Å²) in [5.74, 6) is -0.0707. The van der Waals surface area contributed by atoms with E-state index in [2.05, 4.69) is 58.9 Å². The quantitative estimate of drug-likeness (QED) is 0.362. The van der Waals surface area contributed by atoms with Crippen molar-refractivity contribution in [2.24, 2.45) is 0 Å². The van der Waals surface area contributed by atoms with E-state index in [9.17, 15) is 4.79 Å². The number of carbonyl (C=O) groups excluding carboxylic acids is 1. The fraction of sp³-hybridized carbons (Fsp3) is 0.292. The van der Waals surface area contributed by atoms with Gasteiger partial charge in [-0.1, -0.05) is 48.0 Å². The lowest BCUT2D eigenvalue weighted by molar-refractivity contribution is -0.115. The number of carbonyl (C=O) groups is 1. The van der Waals surface area contributed by atoms with Gasteiger partial charge in [0.05, 0.1) is 10.8 Å². The fourth-order valence-corrected chi connectivity index (χ4v) is 5.02. The molecular weight excluding hydrogens is 428 g/mol. The molecular formula is C24H25ClN4OS. The number of hydrogen-bond donors (Lipinski definition) is 1. The summed E-state index contributed by atoms with van der Waals surface area (Å²) < 4.78 is 2.07. The Bertz CT molecular complexity index is 1310. The third-order valence-corrected chi connectivity index (χ3v) is 7.01. The molecule has 0 saturated carbocycles. The normalized spacial score (nSPS) is 12.5. The number of anilines is 1. The van der Waals surface area contributed by atoms with E-state index in [1.165, 1.54) is 28.3 Å². The third-order valence-electron chi connectivity index (χ3n) is 5.47. The minimum absolute atomic E-state index is 0.0707. The fourth-order valence-electron chi connectivity index (χ4n) is 3.88. The van der Waals surface area contributed by atoms with Crippen molar-refractivity contribution in [1.29, 1.82) is 0 Å². The number of rotatable bonds is 5. The first-order valence-corrected chi connectivity index (χ1v) is 11.5. The van der Waals surface area contributed by atoms with Crippen LogP contribution in [0.5, 0.6) is 0 Å². The zero-order chi connectivity index (χ0) is 22.3. The van der Waals surface area contributed by atoms with Gasteiger partial charge in [0, 0.05) is 16.1 Å². The third kappa shape index (κ3) is 4.14. The molecule has 0 fully saturated rings. The largest absolute Gasteiger partial charge is 0.325 e. The molecule has 7 heteroatoms. The van der Waals surface area contributed by atoms with Gasteiger partial charge in [-0.15, -0.1) is 10.2 Å². The topological polar surface area (TPSA) is 59.3 Å². The molecule has 0 saturated heterocycles. The number of halogens is 1. The van der Waals surface area contributed by atoms with Crippen LogP contribution in [-0.4, -0.2) is 25.8 Å². The number of fused-ring (bicyclic) bond motifs is 3. The van der Waals surface area contributed by atoms with Crippen molar-refractivity contribution in [3.05, 3.63) is 63.7 Å². The van der Waals surface area contributed by atoms with E-state index in [1.54, 1.807) is 6.07 Å². The van der Waals surface area contributed by atoms with Gasteiger partial charge in [0.2, 0.25) is 5.91 Å². The zero-order valence-electron chi connectivity index (χ0n) is 18.3. The number of pyridine rings is 1. The summed E-state index contributed by atoms with van der Waals surface area (Å²) >= 11 is 7.55. The van der Waals surface area contributed by atoms with Gasteiger partial charge in [0.25, 0.3) is 0 Å². The van der Waals surface area contributed by atoms with Crippen LogP contribution >= 0.6 is 23.4 Å². The molecule has 5 nitrogen and oxygen atoms in total. The maximum absolute atomic E-state index is 13.1. The van der Waals surface area contributed by atoms with E-state index in [4.69, 9.17) is 11.6 Å². The molecule has 4 aromatic rings. The number of benzene rings is 2. The van der Waals surface area contributed by atoms with Crippen LogP contribution in [0.15, 0.2) is 41.6 Å². The molecule has 2 heterocycles. The Hall–Kier alpha value is -2.57. The highest BCUT2D eigenvalue weighted by molar-refractivity contribution is 8.00. The summed E-state index contributed by atoms with van der Waals surface area (Å²) in [6.45, 7) is 10.3. The van der Waals surface area contributed by atoms with Crippen LogP contribution in [0.4, 0.5) is 5.69 Å². The Morgan fingerprint density at radius 2 is 1.84 bits per heavy atom. The Labute approximate surface area is 191 Å². The molecule has 0 bridgehead atoms. The van der Waals surface area contributed by atoms with E-state index < -0.39 is 0 Å². The van der Waals surface area contributed by atoms with Crippen molar-refractivity contribution in [2.45, 2.75) is 51.4 Å². The Kier molecular flexibility index (Phi) is 5.95. The van der Waals surface area contributed by atoms with E-state index in [0.717, 1.165) is 33.1 Å². The SMILES string of the molecule is CCC(Sc1nnc2cc(C)c3cc(C)cc(C)c3n12)C(=O)Nc1cc(Cl)ccc1C. The minimum Gasteiger partial charge on any atom is -0.325 e. The number of aromatic nitrogens is 3. The molecule has 160 valence electrons. The molecule has 0 aliphatic rings. The predicted octanol–water partition coefficient (Wildman–Crippen LogP) is 6.28. The van der Waals surface area contributed by atoms with Gasteiger partial charge in [-0.25, -0.2) is 0 Å². The summed E-state index contributed by atoms with van der Waals surface area (Å²) in [6.07, 6.45) is 0.660. The highest BCUT2D eigenvalue weighted by Crippen LogP contribution is 2.32. The average Bonchev–Trinajstić information content (AvgIpc) is 3.10. The van der Waals surface area contributed by atoms with Gasteiger partial charge >= 0.3 is 0 Å². The molecule has 1 unspecified atom stereocenters. The molecule has 1 amide bonds. The number of amides is 1. The molecule has 4 rings (SSSR count). The van der Waals surface area contributed by atoms with Crippen LogP contribution in [0.2, 0.25) is 5.02 Å². The minimum atomic E-state index is -0.312. The molecule has 1 atom stereocenters. The summed E-state index contributed by atoms with van der Waals surface area (Å²) in [4.78, 5) is 13.1. The molecule has 31 heavy (non-hydrogen) atoms. The van der Waals surface area contributed by atoms with Crippen LogP contribution in [0.1, 0.15) is 35.6 Å². The number of thioether (sulfide) groups is 1. The van der Waals surface area contributed by atoms with Crippen molar-refractivity contribution in [2.75, 3.05) is 5.32 Å². The van der Waals surface area contributed by atoms with E-state index >= 15 is 0 Å². The highest BCUT2D eigenvalue weighted by atomic mass is 35.5. The van der Waals surface area contributed by atoms with Crippen LogP contribution in [-0.2, 0) is 4.79 Å². The summed E-state index contributed by atoms with van der Waals surface area (Å²) in [5.41, 5.74) is 7.14. The standard InChI is InChI=1S/C24H25ClN4OS/c1-6-20(23(30)26-19-12-17(25)8-7-14(19)3)31-24-28-27-21-11-15(4)18-10-13(2)9-16(5)22(18)29(21)24/h7-12,20H,6H2,1-5H3,(H,26,30). The second-order valence-electron chi connectivity index (χ2n) is 7.94. The van der Waals surface area contributed by atoms with E-state index in [1.807, 2.05) is 26.0 Å². The lowest BCUT2D eigenvalue weighted by Gasteiger charge is -2.16. The Balaban J connectivity index is 1.72. The molecule has 0 spiro atoms. The second-order valence-corrected chi connectivity index (χ2v) is 9.55. The zero-order valence-corrected chi connectivity index (χ0v) is 19.9. The van der Waals surface area contributed by atoms with Crippen molar-refractivity contribution >= 4 is 51.5 Å². The molecule has 0 radical (unpaired) electrons.